The number of H-pyrrole nitrogens is 1. The van der Waals surface area contributed by atoms with Crippen LogP contribution in [0.2, 0.25) is 0 Å². The maximum absolute atomic E-state index is 14.7. The molecule has 2 N–H and O–H groups in total. The molecule has 0 unspecified atom stereocenters. The first-order chi connectivity index (χ1) is 13.8. The van der Waals surface area contributed by atoms with Crippen molar-refractivity contribution in [1.29, 1.82) is 0 Å². The molecular formula is C19H18F2N4O3S. The zero-order chi connectivity index (χ0) is 20.8. The van der Waals surface area contributed by atoms with Gasteiger partial charge in [0.15, 0.2) is 17.2 Å². The molecule has 0 amide bonds. The van der Waals surface area contributed by atoms with Crippen molar-refractivity contribution >= 4 is 32.5 Å². The van der Waals surface area contributed by atoms with Gasteiger partial charge in [0.1, 0.15) is 5.82 Å². The maximum Gasteiger partial charge on any atom is 0.232 e. The van der Waals surface area contributed by atoms with Gasteiger partial charge in [0, 0.05) is 29.6 Å². The lowest BCUT2D eigenvalue weighted by Gasteiger charge is -2.11. The normalized spacial score (nSPS) is 14.3. The van der Waals surface area contributed by atoms with Crippen LogP contribution in [0.3, 0.4) is 0 Å². The molecule has 0 aliphatic heterocycles. The van der Waals surface area contributed by atoms with Gasteiger partial charge in [-0.1, -0.05) is 0 Å². The molecule has 0 atom stereocenters. The average Bonchev–Trinajstić information content (AvgIpc) is 3.43. The summed E-state index contributed by atoms with van der Waals surface area (Å²) in [6, 6.07) is 3.57. The SMILES string of the molecule is CCS(=O)(=O)Nc1ccc(F)c(C(=O)Cc2cnc3n[nH]c(C4CC4)c3c2)c1F. The number of carbonyl (C=O) groups excluding carboxylic acids is 1. The van der Waals surface area contributed by atoms with Gasteiger partial charge in [-0.2, -0.15) is 5.10 Å². The van der Waals surface area contributed by atoms with Crippen LogP contribution in [-0.2, 0) is 16.4 Å². The van der Waals surface area contributed by atoms with Gasteiger partial charge >= 0.3 is 0 Å². The van der Waals surface area contributed by atoms with Gasteiger partial charge in [0.05, 0.1) is 17.0 Å². The Labute approximate surface area is 165 Å². The summed E-state index contributed by atoms with van der Waals surface area (Å²) in [5.74, 6) is -2.99. The highest BCUT2D eigenvalue weighted by Crippen LogP contribution is 2.41. The van der Waals surface area contributed by atoms with Gasteiger partial charge in [-0.05, 0) is 43.5 Å². The van der Waals surface area contributed by atoms with Crippen LogP contribution >= 0.6 is 0 Å². The van der Waals surface area contributed by atoms with E-state index >= 15 is 0 Å². The van der Waals surface area contributed by atoms with Crippen molar-refractivity contribution in [3.63, 3.8) is 0 Å². The lowest BCUT2D eigenvalue weighted by molar-refractivity contribution is 0.0985. The lowest BCUT2D eigenvalue weighted by Crippen LogP contribution is -2.18. The van der Waals surface area contributed by atoms with Crippen molar-refractivity contribution < 1.29 is 22.0 Å². The number of aromatic amines is 1. The number of nitrogens with one attached hydrogen (secondary N) is 2. The van der Waals surface area contributed by atoms with E-state index in [4.69, 9.17) is 0 Å². The zero-order valence-corrected chi connectivity index (χ0v) is 16.3. The summed E-state index contributed by atoms with van der Waals surface area (Å²) in [7, 11) is -3.78. The van der Waals surface area contributed by atoms with Gasteiger partial charge in [-0.15, -0.1) is 0 Å². The topological polar surface area (TPSA) is 105 Å². The zero-order valence-electron chi connectivity index (χ0n) is 15.5. The number of hydrogen-bond donors (Lipinski definition) is 2. The second kappa shape index (κ2) is 7.18. The standard InChI is InChI=1S/C19H18F2N4O3S/c1-2-29(27,28)25-14-6-5-13(20)16(17(14)21)15(26)8-10-7-12-18(11-3-4-11)23-24-19(12)22-9-10/h5-7,9,11,25H,2-4,8H2,1H3,(H,22,23,24). The van der Waals surface area contributed by atoms with E-state index in [0.29, 0.717) is 17.1 Å². The van der Waals surface area contributed by atoms with E-state index in [1.807, 2.05) is 4.72 Å². The highest BCUT2D eigenvalue weighted by atomic mass is 32.2. The maximum atomic E-state index is 14.7. The first-order valence-corrected chi connectivity index (χ1v) is 10.8. The molecule has 1 aromatic carbocycles. The molecular weight excluding hydrogens is 402 g/mol. The second-order valence-corrected chi connectivity index (χ2v) is 9.03. The van der Waals surface area contributed by atoms with Gasteiger partial charge in [0.2, 0.25) is 10.0 Å². The predicted octanol–water partition coefficient (Wildman–Crippen LogP) is 3.30. The Balaban J connectivity index is 1.64. The van der Waals surface area contributed by atoms with Crippen LogP contribution in [0.1, 0.15) is 47.3 Å². The Morgan fingerprint density at radius 2 is 2.07 bits per heavy atom. The molecule has 0 spiro atoms. The Bertz CT molecular complexity index is 1220. The first-order valence-electron chi connectivity index (χ1n) is 9.13. The molecule has 0 bridgehead atoms. The summed E-state index contributed by atoms with van der Waals surface area (Å²) >= 11 is 0. The number of anilines is 1. The second-order valence-electron chi connectivity index (χ2n) is 7.02. The molecule has 4 rings (SSSR count). The van der Waals surface area contributed by atoms with Crippen molar-refractivity contribution in [1.82, 2.24) is 15.2 Å². The number of benzene rings is 1. The fraction of sp³-hybridized carbons (Fsp3) is 0.316. The van der Waals surface area contributed by atoms with Crippen LogP contribution in [0.25, 0.3) is 11.0 Å². The van der Waals surface area contributed by atoms with Crippen LogP contribution in [0.5, 0.6) is 0 Å². The summed E-state index contributed by atoms with van der Waals surface area (Å²) in [5, 5.41) is 7.89. The smallest absolute Gasteiger partial charge is 0.232 e. The minimum absolute atomic E-state index is 0.282. The van der Waals surface area contributed by atoms with Crippen LogP contribution in [0.15, 0.2) is 24.4 Å². The number of carbonyl (C=O) groups is 1. The van der Waals surface area contributed by atoms with Gasteiger partial charge in [-0.3, -0.25) is 14.6 Å². The van der Waals surface area contributed by atoms with Crippen molar-refractivity contribution in [3.05, 3.63) is 52.9 Å². The van der Waals surface area contributed by atoms with E-state index in [9.17, 15) is 22.0 Å². The fourth-order valence-corrected chi connectivity index (χ4v) is 3.78. The minimum atomic E-state index is -3.78. The predicted molar refractivity (Wildman–Crippen MR) is 103 cm³/mol. The number of ketones is 1. The molecule has 29 heavy (non-hydrogen) atoms. The van der Waals surface area contributed by atoms with E-state index < -0.39 is 38.7 Å². The van der Waals surface area contributed by atoms with Crippen LogP contribution < -0.4 is 4.72 Å². The number of rotatable bonds is 7. The molecule has 3 aromatic rings. The third-order valence-corrected chi connectivity index (χ3v) is 6.15. The molecule has 1 saturated carbocycles. The van der Waals surface area contributed by atoms with Crippen molar-refractivity contribution in [3.8, 4) is 0 Å². The van der Waals surface area contributed by atoms with Crippen LogP contribution in [0, 0.1) is 11.6 Å². The molecule has 0 saturated heterocycles. The first kappa shape index (κ1) is 19.4. The fourth-order valence-electron chi connectivity index (χ4n) is 3.14. The summed E-state index contributed by atoms with van der Waals surface area (Å²) in [4.78, 5) is 16.8. The molecule has 1 aliphatic carbocycles. The lowest BCUT2D eigenvalue weighted by atomic mass is 10.0. The molecule has 0 radical (unpaired) electrons. The quantitative estimate of drug-likeness (QED) is 0.571. The molecule has 152 valence electrons. The molecule has 2 aromatic heterocycles. The average molecular weight is 420 g/mol. The van der Waals surface area contributed by atoms with Crippen molar-refractivity contribution in [2.75, 3.05) is 10.5 Å². The monoisotopic (exact) mass is 420 g/mol. The van der Waals surface area contributed by atoms with Gasteiger partial charge in [0.25, 0.3) is 0 Å². The Hall–Kier alpha value is -2.88. The largest absolute Gasteiger partial charge is 0.294 e. The third kappa shape index (κ3) is 3.84. The molecule has 10 heteroatoms. The van der Waals surface area contributed by atoms with E-state index in [1.165, 1.54) is 13.1 Å². The Morgan fingerprint density at radius 3 is 2.76 bits per heavy atom. The molecule has 2 heterocycles. The number of fused-ring (bicyclic) bond motifs is 1. The number of sulfonamides is 1. The van der Waals surface area contributed by atoms with E-state index in [0.717, 1.165) is 36.1 Å². The van der Waals surface area contributed by atoms with E-state index in [1.54, 1.807) is 6.07 Å². The van der Waals surface area contributed by atoms with Crippen molar-refractivity contribution in [2.45, 2.75) is 32.1 Å². The Morgan fingerprint density at radius 1 is 1.31 bits per heavy atom. The van der Waals surface area contributed by atoms with Gasteiger partial charge in [-0.25, -0.2) is 22.2 Å². The summed E-state index contributed by atoms with van der Waals surface area (Å²) < 4.78 is 54.3. The van der Waals surface area contributed by atoms with Crippen molar-refractivity contribution in [2.24, 2.45) is 0 Å². The third-order valence-electron chi connectivity index (χ3n) is 4.86. The highest BCUT2D eigenvalue weighted by Gasteiger charge is 2.28. The molecule has 1 fully saturated rings. The number of nitrogens with zero attached hydrogens (tertiary/aromatic N) is 2. The molecule has 7 nitrogen and oxygen atoms in total. The van der Waals surface area contributed by atoms with Crippen LogP contribution in [0.4, 0.5) is 14.5 Å². The summed E-state index contributed by atoms with van der Waals surface area (Å²) in [6.07, 6.45) is 3.27. The number of aromatic nitrogens is 3. The number of Topliss-reactive ketones (excluding diaryl/α,β-unsaturated/α-hetero) is 1. The highest BCUT2D eigenvalue weighted by molar-refractivity contribution is 7.92. The van der Waals surface area contributed by atoms with E-state index in [2.05, 4.69) is 15.2 Å². The van der Waals surface area contributed by atoms with Gasteiger partial charge < -0.3 is 0 Å². The van der Waals surface area contributed by atoms with E-state index in [-0.39, 0.29) is 12.2 Å². The molecule has 1 aliphatic rings. The van der Waals surface area contributed by atoms with Crippen LogP contribution in [-0.4, -0.2) is 35.1 Å². The number of pyridine rings is 1. The summed E-state index contributed by atoms with van der Waals surface area (Å²) in [6.45, 7) is 1.38. The number of hydrogen-bond acceptors (Lipinski definition) is 5. The minimum Gasteiger partial charge on any atom is -0.294 e. The Kier molecular flexibility index (Phi) is 4.81. The number of halogens is 2. The summed E-state index contributed by atoms with van der Waals surface area (Å²) in [5.41, 5.74) is 0.725.